The van der Waals surface area contributed by atoms with Crippen molar-refractivity contribution in [2.45, 2.75) is 17.7 Å². The SMILES string of the molecule is O=C(O)c1c(F)c(F)c(SCC(=O)N2C(=O)CCC2=O)c(F)c1-c1c2cc(F)c(=O)cc-2oc(C=CO)c1/C=C/F. The first-order valence-corrected chi connectivity index (χ1v) is 12.2. The number of imide groups is 3. The van der Waals surface area contributed by atoms with Crippen LogP contribution < -0.4 is 5.43 Å². The second-order valence-corrected chi connectivity index (χ2v) is 9.26. The van der Waals surface area contributed by atoms with Gasteiger partial charge in [0.2, 0.25) is 23.2 Å². The van der Waals surface area contributed by atoms with Gasteiger partial charge in [-0.05, 0) is 12.1 Å². The fraction of sp³-hybridized carbons (Fsp3) is 0.115. The molecular formula is C26H14F5NO8S. The van der Waals surface area contributed by atoms with Crippen molar-refractivity contribution in [3.05, 3.63) is 75.1 Å². The number of nitrogens with zero attached hydrogens (tertiary/aromatic N) is 1. The number of benzene rings is 2. The lowest BCUT2D eigenvalue weighted by Gasteiger charge is -2.21. The van der Waals surface area contributed by atoms with E-state index in [0.717, 1.165) is 6.08 Å². The molecule has 2 heterocycles. The van der Waals surface area contributed by atoms with Crippen molar-refractivity contribution in [1.82, 2.24) is 4.90 Å². The summed E-state index contributed by atoms with van der Waals surface area (Å²) in [6, 6.07) is 1.05. The number of carbonyl (C=O) groups is 4. The Labute approximate surface area is 229 Å². The molecule has 1 aromatic carbocycles. The molecule has 4 rings (SSSR count). The average Bonchev–Trinajstić information content (AvgIpc) is 3.25. The molecule has 0 bridgehead atoms. The van der Waals surface area contributed by atoms with E-state index in [2.05, 4.69) is 0 Å². The highest BCUT2D eigenvalue weighted by Gasteiger charge is 2.37. The standard InChI is InChI=1S/C26H14F5NO8S/c27-5-3-10-14(4-6-33)40-15-8-13(34)12(28)7-11(15)19(10)20-21(26(38)39)22(29)24(31)25(23(20)30)41-9-18(37)32-16(35)1-2-17(32)36/h3-8,33H,1-2,9H2,(H,38,39)/b5-3+,6-4?. The van der Waals surface area contributed by atoms with Crippen molar-refractivity contribution in [2.75, 3.05) is 5.75 Å². The van der Waals surface area contributed by atoms with Crippen LogP contribution in [0.4, 0.5) is 22.0 Å². The van der Waals surface area contributed by atoms with Crippen molar-refractivity contribution < 1.29 is 55.8 Å². The second kappa shape index (κ2) is 11.4. The van der Waals surface area contributed by atoms with E-state index in [4.69, 9.17) is 4.42 Å². The Kier molecular flexibility index (Phi) is 8.10. The molecular weight excluding hydrogens is 581 g/mol. The monoisotopic (exact) mass is 595 g/mol. The summed E-state index contributed by atoms with van der Waals surface area (Å²) in [4.78, 5) is 59.1. The number of carboxylic acid groups (broad SMARTS) is 1. The number of rotatable bonds is 7. The highest BCUT2D eigenvalue weighted by Crippen LogP contribution is 2.45. The second-order valence-electron chi connectivity index (χ2n) is 8.27. The summed E-state index contributed by atoms with van der Waals surface area (Å²) in [5, 5.41) is 19.0. The number of hydrogen-bond donors (Lipinski definition) is 2. The molecule has 1 aliphatic carbocycles. The largest absolute Gasteiger partial charge is 0.515 e. The van der Waals surface area contributed by atoms with E-state index in [1.165, 1.54) is 0 Å². The number of likely N-dealkylation sites (tertiary alicyclic amines) is 1. The molecule has 0 radical (unpaired) electrons. The number of aromatic carboxylic acids is 1. The van der Waals surface area contributed by atoms with E-state index in [-0.39, 0.29) is 35.8 Å². The van der Waals surface area contributed by atoms with Crippen LogP contribution in [0, 0.1) is 23.3 Å². The Balaban J connectivity index is 2.06. The lowest BCUT2D eigenvalue weighted by Crippen LogP contribution is -2.36. The first-order chi connectivity index (χ1) is 19.4. The molecule has 0 saturated carbocycles. The lowest BCUT2D eigenvalue weighted by molar-refractivity contribution is -0.148. The molecule has 212 valence electrons. The molecule has 0 unspecified atom stereocenters. The average molecular weight is 595 g/mol. The van der Waals surface area contributed by atoms with E-state index in [1.807, 2.05) is 0 Å². The summed E-state index contributed by atoms with van der Waals surface area (Å²) in [6.45, 7) is 0. The fourth-order valence-corrected chi connectivity index (χ4v) is 5.04. The van der Waals surface area contributed by atoms with Crippen LogP contribution in [0.2, 0.25) is 0 Å². The molecule has 0 aromatic heterocycles. The summed E-state index contributed by atoms with van der Waals surface area (Å²) >= 11 is -0.0114. The van der Waals surface area contributed by atoms with Gasteiger partial charge in [-0.15, -0.1) is 11.8 Å². The maximum Gasteiger partial charge on any atom is 0.339 e. The van der Waals surface area contributed by atoms with Gasteiger partial charge in [-0.1, -0.05) is 0 Å². The van der Waals surface area contributed by atoms with Gasteiger partial charge in [-0.25, -0.2) is 31.6 Å². The number of amides is 3. The zero-order valence-corrected chi connectivity index (χ0v) is 21.0. The number of fused-ring (bicyclic) bond motifs is 1. The van der Waals surface area contributed by atoms with Crippen molar-refractivity contribution in [3.8, 4) is 22.5 Å². The topological polar surface area (TPSA) is 142 Å². The Morgan fingerprint density at radius 2 is 1.63 bits per heavy atom. The first kappa shape index (κ1) is 29.2. The van der Waals surface area contributed by atoms with Crippen LogP contribution in [0.5, 0.6) is 0 Å². The van der Waals surface area contributed by atoms with Crippen LogP contribution in [0.25, 0.3) is 34.6 Å². The molecule has 2 aliphatic heterocycles. The predicted molar refractivity (Wildman–Crippen MR) is 132 cm³/mol. The quantitative estimate of drug-likeness (QED) is 0.128. The molecule has 1 fully saturated rings. The molecule has 1 aromatic rings. The maximum absolute atomic E-state index is 16.1. The van der Waals surface area contributed by atoms with Gasteiger partial charge in [0.25, 0.3) is 0 Å². The Morgan fingerprint density at radius 1 is 0.976 bits per heavy atom. The van der Waals surface area contributed by atoms with E-state index in [9.17, 15) is 43.0 Å². The third-order valence-corrected chi connectivity index (χ3v) is 6.94. The highest BCUT2D eigenvalue weighted by molar-refractivity contribution is 8.00. The number of hydrogen-bond acceptors (Lipinski definition) is 8. The molecule has 9 nitrogen and oxygen atoms in total. The van der Waals surface area contributed by atoms with Crippen LogP contribution in [0.3, 0.4) is 0 Å². The molecule has 3 aliphatic rings. The zero-order valence-electron chi connectivity index (χ0n) is 20.2. The smallest absolute Gasteiger partial charge is 0.339 e. The number of carbonyl (C=O) groups excluding carboxylic acids is 3. The van der Waals surface area contributed by atoms with Crippen molar-refractivity contribution in [3.63, 3.8) is 0 Å². The van der Waals surface area contributed by atoms with Gasteiger partial charge < -0.3 is 14.6 Å². The number of thioether (sulfide) groups is 1. The van der Waals surface area contributed by atoms with E-state index >= 15 is 13.2 Å². The maximum atomic E-state index is 16.1. The van der Waals surface area contributed by atoms with Crippen molar-refractivity contribution in [2.24, 2.45) is 0 Å². The van der Waals surface area contributed by atoms with Gasteiger partial charge >= 0.3 is 5.97 Å². The Hall–Kier alpha value is -4.79. The molecule has 1 saturated heterocycles. The minimum atomic E-state index is -2.21. The van der Waals surface area contributed by atoms with Crippen LogP contribution >= 0.6 is 11.8 Å². The van der Waals surface area contributed by atoms with Gasteiger partial charge in [0.15, 0.2) is 17.5 Å². The summed E-state index contributed by atoms with van der Waals surface area (Å²) in [7, 11) is 0. The number of aliphatic hydroxyl groups is 1. The summed E-state index contributed by atoms with van der Waals surface area (Å²) < 4.78 is 79.6. The van der Waals surface area contributed by atoms with Crippen molar-refractivity contribution >= 4 is 47.6 Å². The van der Waals surface area contributed by atoms with Crippen LogP contribution in [0.15, 0.2) is 38.8 Å². The van der Waals surface area contributed by atoms with Crippen molar-refractivity contribution in [1.29, 1.82) is 0 Å². The predicted octanol–water partition coefficient (Wildman–Crippen LogP) is 4.90. The molecule has 0 atom stereocenters. The van der Waals surface area contributed by atoms with Gasteiger partial charge in [0.1, 0.15) is 22.9 Å². The van der Waals surface area contributed by atoms with Gasteiger partial charge in [-0.3, -0.25) is 19.2 Å². The van der Waals surface area contributed by atoms with Gasteiger partial charge in [0, 0.05) is 47.2 Å². The summed E-state index contributed by atoms with van der Waals surface area (Å²) in [5.41, 5.74) is -6.04. The van der Waals surface area contributed by atoms with Gasteiger partial charge in [0.05, 0.1) is 23.2 Å². The number of halogens is 5. The summed E-state index contributed by atoms with van der Waals surface area (Å²) in [6.07, 6.45) is 1.02. The van der Waals surface area contributed by atoms with E-state index in [1.54, 1.807) is 0 Å². The van der Waals surface area contributed by atoms with Gasteiger partial charge in [-0.2, -0.15) is 0 Å². The van der Waals surface area contributed by atoms with Crippen LogP contribution in [-0.4, -0.2) is 44.6 Å². The molecule has 15 heteroatoms. The molecule has 2 N–H and O–H groups in total. The molecule has 3 amide bonds. The summed E-state index contributed by atoms with van der Waals surface area (Å²) in [5.74, 6) is -14.6. The minimum absolute atomic E-state index is 0.0114. The molecule has 0 spiro atoms. The highest BCUT2D eigenvalue weighted by atomic mass is 32.2. The first-order valence-electron chi connectivity index (χ1n) is 11.3. The third kappa shape index (κ3) is 5.11. The zero-order chi connectivity index (χ0) is 30.2. The third-order valence-electron chi connectivity index (χ3n) is 5.90. The van der Waals surface area contributed by atoms with E-state index < -0.39 is 102 Å². The Bertz CT molecular complexity index is 1720. The fourth-order valence-electron chi connectivity index (χ4n) is 4.20. The van der Waals surface area contributed by atoms with E-state index in [0.29, 0.717) is 24.5 Å². The van der Waals surface area contributed by atoms with Crippen LogP contribution in [-0.2, 0) is 14.4 Å². The lowest BCUT2D eigenvalue weighted by atomic mass is 9.88. The Morgan fingerprint density at radius 3 is 2.22 bits per heavy atom. The minimum Gasteiger partial charge on any atom is -0.515 e. The number of carboxylic acids is 1. The molecule has 41 heavy (non-hydrogen) atoms. The number of aliphatic hydroxyl groups excluding tert-OH is 1. The van der Waals surface area contributed by atoms with Crippen LogP contribution in [0.1, 0.15) is 34.5 Å². The normalized spacial score (nSPS) is 13.8.